The lowest BCUT2D eigenvalue weighted by atomic mass is 10.2. The number of aromatic nitrogens is 3. The van der Waals surface area contributed by atoms with Gasteiger partial charge in [-0.3, -0.25) is 4.79 Å². The Morgan fingerprint density at radius 2 is 1.90 bits per heavy atom. The van der Waals surface area contributed by atoms with E-state index in [-0.39, 0.29) is 11.7 Å². The summed E-state index contributed by atoms with van der Waals surface area (Å²) < 4.78 is 13.0. The molecular formula is C21H24N4O3S. The van der Waals surface area contributed by atoms with Gasteiger partial charge >= 0.3 is 0 Å². The Hall–Kier alpha value is -3.00. The van der Waals surface area contributed by atoms with E-state index in [0.29, 0.717) is 24.2 Å². The Morgan fingerprint density at radius 1 is 1.10 bits per heavy atom. The average molecular weight is 413 g/mol. The van der Waals surface area contributed by atoms with Gasteiger partial charge in [-0.05, 0) is 55.8 Å². The Balaban J connectivity index is 1.49. The van der Waals surface area contributed by atoms with Gasteiger partial charge in [0.25, 0.3) is 0 Å². The van der Waals surface area contributed by atoms with Crippen LogP contribution in [0.5, 0.6) is 11.5 Å². The molecular weight excluding hydrogens is 388 g/mol. The summed E-state index contributed by atoms with van der Waals surface area (Å²) in [6.07, 6.45) is 0. The highest BCUT2D eigenvalue weighted by molar-refractivity contribution is 7.99. The molecule has 7 nitrogen and oxygen atoms in total. The van der Waals surface area contributed by atoms with Crippen LogP contribution in [0.3, 0.4) is 0 Å². The first kappa shape index (κ1) is 20.7. The van der Waals surface area contributed by atoms with Crippen LogP contribution in [0.1, 0.15) is 18.3 Å². The minimum absolute atomic E-state index is 0.111. The van der Waals surface area contributed by atoms with E-state index in [1.54, 1.807) is 0 Å². The second kappa shape index (κ2) is 9.97. The Bertz CT molecular complexity index is 957. The van der Waals surface area contributed by atoms with Gasteiger partial charge in [-0.25, -0.2) is 0 Å². The summed E-state index contributed by atoms with van der Waals surface area (Å²) in [5.74, 6) is 2.38. The standard InChI is InChI=1S/C21H24N4O3S/c1-4-27-17-10-8-16(9-11-17)22-20(26)14-29-21-24-23-19(25(21)3)13-28-18-7-5-6-15(2)12-18/h5-12H,4,13-14H2,1-3H3,(H,22,26). The number of aryl methyl sites for hydroxylation is 1. The van der Waals surface area contributed by atoms with Gasteiger partial charge in [0.1, 0.15) is 18.1 Å². The predicted molar refractivity (Wildman–Crippen MR) is 113 cm³/mol. The zero-order valence-electron chi connectivity index (χ0n) is 16.7. The van der Waals surface area contributed by atoms with Gasteiger partial charge in [-0.2, -0.15) is 0 Å². The number of hydrogen-bond acceptors (Lipinski definition) is 6. The third kappa shape index (κ3) is 5.99. The molecule has 1 aromatic heterocycles. The lowest BCUT2D eigenvalue weighted by molar-refractivity contribution is -0.113. The molecule has 0 aliphatic carbocycles. The topological polar surface area (TPSA) is 78.3 Å². The molecule has 8 heteroatoms. The van der Waals surface area contributed by atoms with Crippen molar-refractivity contribution in [1.82, 2.24) is 14.8 Å². The van der Waals surface area contributed by atoms with Crippen molar-refractivity contribution < 1.29 is 14.3 Å². The van der Waals surface area contributed by atoms with Crippen LogP contribution in [0.25, 0.3) is 0 Å². The molecule has 0 radical (unpaired) electrons. The van der Waals surface area contributed by atoms with E-state index < -0.39 is 0 Å². The van der Waals surface area contributed by atoms with Crippen molar-refractivity contribution in [1.29, 1.82) is 0 Å². The highest BCUT2D eigenvalue weighted by Gasteiger charge is 2.12. The molecule has 0 unspecified atom stereocenters. The van der Waals surface area contributed by atoms with E-state index in [0.717, 1.165) is 22.7 Å². The van der Waals surface area contributed by atoms with Crippen LogP contribution >= 0.6 is 11.8 Å². The van der Waals surface area contributed by atoms with E-state index in [2.05, 4.69) is 15.5 Å². The first-order valence-electron chi connectivity index (χ1n) is 9.28. The van der Waals surface area contributed by atoms with Crippen molar-refractivity contribution in [2.45, 2.75) is 25.6 Å². The molecule has 0 bridgehead atoms. The second-order valence-corrected chi connectivity index (χ2v) is 7.30. The molecule has 0 aliphatic rings. The molecule has 0 saturated heterocycles. The molecule has 1 heterocycles. The van der Waals surface area contributed by atoms with Gasteiger partial charge in [-0.1, -0.05) is 23.9 Å². The molecule has 3 aromatic rings. The second-order valence-electron chi connectivity index (χ2n) is 6.36. The minimum Gasteiger partial charge on any atom is -0.494 e. The SMILES string of the molecule is CCOc1ccc(NC(=O)CSc2nnc(COc3cccc(C)c3)n2C)cc1. The van der Waals surface area contributed by atoms with Crippen LogP contribution in [-0.4, -0.2) is 33.0 Å². The third-order valence-corrected chi connectivity index (χ3v) is 5.08. The third-order valence-electron chi connectivity index (χ3n) is 4.06. The minimum atomic E-state index is -0.111. The van der Waals surface area contributed by atoms with Gasteiger partial charge in [0.05, 0.1) is 12.4 Å². The monoisotopic (exact) mass is 412 g/mol. The van der Waals surface area contributed by atoms with E-state index in [9.17, 15) is 4.79 Å². The molecule has 0 atom stereocenters. The molecule has 152 valence electrons. The van der Waals surface area contributed by atoms with Crippen LogP contribution in [-0.2, 0) is 18.4 Å². The zero-order chi connectivity index (χ0) is 20.6. The summed E-state index contributed by atoms with van der Waals surface area (Å²) in [6, 6.07) is 15.1. The number of ether oxygens (including phenoxy) is 2. The van der Waals surface area contributed by atoms with Crippen molar-refractivity contribution in [3.05, 3.63) is 59.9 Å². The summed E-state index contributed by atoms with van der Waals surface area (Å²) in [4.78, 5) is 12.2. The molecule has 0 fully saturated rings. The van der Waals surface area contributed by atoms with E-state index in [1.165, 1.54) is 11.8 Å². The maximum Gasteiger partial charge on any atom is 0.234 e. The number of hydrogen-bond donors (Lipinski definition) is 1. The number of nitrogens with one attached hydrogen (secondary N) is 1. The highest BCUT2D eigenvalue weighted by Crippen LogP contribution is 2.19. The Morgan fingerprint density at radius 3 is 2.62 bits per heavy atom. The summed E-state index contributed by atoms with van der Waals surface area (Å²) in [7, 11) is 1.86. The van der Waals surface area contributed by atoms with E-state index in [1.807, 2.05) is 74.0 Å². The lowest BCUT2D eigenvalue weighted by Gasteiger charge is -2.08. The first-order chi connectivity index (χ1) is 14.0. The molecule has 2 aromatic carbocycles. The van der Waals surface area contributed by atoms with Gasteiger partial charge < -0.3 is 19.4 Å². The number of rotatable bonds is 9. The molecule has 0 saturated carbocycles. The van der Waals surface area contributed by atoms with Crippen molar-refractivity contribution in [2.24, 2.45) is 7.05 Å². The van der Waals surface area contributed by atoms with Crippen molar-refractivity contribution in [3.8, 4) is 11.5 Å². The lowest BCUT2D eigenvalue weighted by Crippen LogP contribution is -2.14. The fourth-order valence-electron chi connectivity index (χ4n) is 2.58. The summed E-state index contributed by atoms with van der Waals surface area (Å²) >= 11 is 1.33. The smallest absolute Gasteiger partial charge is 0.234 e. The number of nitrogens with zero attached hydrogens (tertiary/aromatic N) is 3. The number of carbonyl (C=O) groups excluding carboxylic acids is 1. The van der Waals surface area contributed by atoms with Crippen molar-refractivity contribution in [3.63, 3.8) is 0 Å². The van der Waals surface area contributed by atoms with Gasteiger partial charge in [0, 0.05) is 12.7 Å². The van der Waals surface area contributed by atoms with Crippen molar-refractivity contribution in [2.75, 3.05) is 17.7 Å². The Labute approximate surface area is 174 Å². The molecule has 29 heavy (non-hydrogen) atoms. The van der Waals surface area contributed by atoms with E-state index in [4.69, 9.17) is 9.47 Å². The molecule has 1 N–H and O–H groups in total. The first-order valence-corrected chi connectivity index (χ1v) is 10.3. The van der Waals surface area contributed by atoms with Crippen molar-refractivity contribution >= 4 is 23.4 Å². The number of carbonyl (C=O) groups is 1. The average Bonchev–Trinajstić information content (AvgIpc) is 3.06. The summed E-state index contributed by atoms with van der Waals surface area (Å²) in [5, 5.41) is 11.8. The fraction of sp³-hybridized carbons (Fsp3) is 0.286. The Kier molecular flexibility index (Phi) is 7.13. The van der Waals surface area contributed by atoms with Crippen LogP contribution in [0.15, 0.2) is 53.7 Å². The predicted octanol–water partition coefficient (Wildman–Crippen LogP) is 3.83. The molecule has 3 rings (SSSR count). The normalized spacial score (nSPS) is 10.6. The maximum absolute atomic E-state index is 12.2. The maximum atomic E-state index is 12.2. The van der Waals surface area contributed by atoms with E-state index >= 15 is 0 Å². The summed E-state index contributed by atoms with van der Waals surface area (Å²) in [6.45, 7) is 4.87. The number of thioether (sulfide) groups is 1. The quantitative estimate of drug-likeness (QED) is 0.538. The number of amides is 1. The van der Waals surface area contributed by atoms with Gasteiger partial charge in [0.2, 0.25) is 5.91 Å². The van der Waals surface area contributed by atoms with Crippen LogP contribution in [0, 0.1) is 6.92 Å². The van der Waals surface area contributed by atoms with Gasteiger partial charge in [-0.15, -0.1) is 10.2 Å². The van der Waals surface area contributed by atoms with Gasteiger partial charge in [0.15, 0.2) is 11.0 Å². The largest absolute Gasteiger partial charge is 0.494 e. The summed E-state index contributed by atoms with van der Waals surface area (Å²) in [5.41, 5.74) is 1.86. The fourth-order valence-corrected chi connectivity index (χ4v) is 3.31. The number of benzene rings is 2. The highest BCUT2D eigenvalue weighted by atomic mass is 32.2. The molecule has 0 spiro atoms. The van der Waals surface area contributed by atoms with Crippen LogP contribution in [0.4, 0.5) is 5.69 Å². The zero-order valence-corrected chi connectivity index (χ0v) is 17.5. The molecule has 0 aliphatic heterocycles. The number of anilines is 1. The molecule has 1 amide bonds. The van der Waals surface area contributed by atoms with Crippen LogP contribution in [0.2, 0.25) is 0 Å². The van der Waals surface area contributed by atoms with Crippen LogP contribution < -0.4 is 14.8 Å².